The van der Waals surface area contributed by atoms with Crippen molar-refractivity contribution in [3.63, 3.8) is 0 Å². The number of hydrogen-bond acceptors (Lipinski definition) is 6. The van der Waals surface area contributed by atoms with Crippen LogP contribution in [0, 0.1) is 0 Å². The number of aromatic nitrogens is 1. The van der Waals surface area contributed by atoms with Crippen LogP contribution in [0.5, 0.6) is 0 Å². The summed E-state index contributed by atoms with van der Waals surface area (Å²) in [5, 5.41) is 3.14. The minimum Gasteiger partial charge on any atom is -0.367 e. The van der Waals surface area contributed by atoms with Crippen LogP contribution >= 0.6 is 0 Å². The van der Waals surface area contributed by atoms with Crippen molar-refractivity contribution in [3.05, 3.63) is 18.3 Å². The zero-order chi connectivity index (χ0) is 15.7. The maximum absolute atomic E-state index is 11.9. The van der Waals surface area contributed by atoms with Crippen LogP contribution in [0.4, 0.5) is 5.82 Å². The van der Waals surface area contributed by atoms with Gasteiger partial charge in [0.05, 0.1) is 11.5 Å². The van der Waals surface area contributed by atoms with Gasteiger partial charge in [-0.3, -0.25) is 0 Å². The van der Waals surface area contributed by atoms with Gasteiger partial charge in [0.25, 0.3) is 0 Å². The van der Waals surface area contributed by atoms with Crippen molar-refractivity contribution in [1.82, 2.24) is 9.29 Å². The van der Waals surface area contributed by atoms with Gasteiger partial charge in [0.15, 0.2) is 0 Å². The van der Waals surface area contributed by atoms with Gasteiger partial charge in [-0.2, -0.15) is 0 Å². The summed E-state index contributed by atoms with van der Waals surface area (Å²) in [6.07, 6.45) is 2.39. The molecule has 0 saturated carbocycles. The smallest absolute Gasteiger partial charge is 0.244 e. The summed E-state index contributed by atoms with van der Waals surface area (Å²) in [6.45, 7) is 0. The highest BCUT2D eigenvalue weighted by Gasteiger charge is 2.24. The molecule has 1 saturated heterocycles. The molecule has 0 amide bonds. The summed E-state index contributed by atoms with van der Waals surface area (Å²) in [7, 11) is -3.44. The standard InChI is InChI=1S/C12H19N3O4S2/c1-15(2)21(18,19)11-3-4-12(13-9-11)14-10-5-7-20(16,17)8-6-10/h3-4,9-10H,5-8H2,1-2H3,(H,13,14). The molecule has 1 N–H and O–H groups in total. The highest BCUT2D eigenvalue weighted by Crippen LogP contribution is 2.18. The molecular formula is C12H19N3O4S2. The molecule has 0 aliphatic carbocycles. The lowest BCUT2D eigenvalue weighted by atomic mass is 10.1. The minimum atomic E-state index is -3.48. The number of nitrogens with zero attached hydrogens (tertiary/aromatic N) is 2. The van der Waals surface area contributed by atoms with Gasteiger partial charge in [-0.25, -0.2) is 26.1 Å². The van der Waals surface area contributed by atoms with Gasteiger partial charge < -0.3 is 5.32 Å². The second kappa shape index (κ2) is 5.90. The summed E-state index contributed by atoms with van der Waals surface area (Å²) in [4.78, 5) is 4.22. The third kappa shape index (κ3) is 3.92. The summed E-state index contributed by atoms with van der Waals surface area (Å²) in [5.41, 5.74) is 0. The van der Waals surface area contributed by atoms with Crippen LogP contribution in [-0.4, -0.2) is 57.8 Å². The molecule has 9 heteroatoms. The highest BCUT2D eigenvalue weighted by molar-refractivity contribution is 7.91. The SMILES string of the molecule is CN(C)S(=O)(=O)c1ccc(NC2CCS(=O)(=O)CC2)nc1. The predicted molar refractivity (Wildman–Crippen MR) is 80.4 cm³/mol. The van der Waals surface area contributed by atoms with E-state index in [4.69, 9.17) is 0 Å². The Hall–Kier alpha value is -1.19. The number of pyridine rings is 1. The van der Waals surface area contributed by atoms with Gasteiger partial charge >= 0.3 is 0 Å². The monoisotopic (exact) mass is 333 g/mol. The molecule has 1 aliphatic rings. The van der Waals surface area contributed by atoms with Crippen LogP contribution in [0.2, 0.25) is 0 Å². The molecule has 1 aromatic heterocycles. The van der Waals surface area contributed by atoms with E-state index in [9.17, 15) is 16.8 Å². The van der Waals surface area contributed by atoms with Crippen LogP contribution in [0.1, 0.15) is 12.8 Å². The Morgan fingerprint density at radius 2 is 1.86 bits per heavy atom. The normalized spacial score (nSPS) is 19.6. The first-order chi connectivity index (χ1) is 9.71. The Kier molecular flexibility index (Phi) is 4.54. The minimum absolute atomic E-state index is 0.0531. The Labute approximate surface area is 125 Å². The zero-order valence-electron chi connectivity index (χ0n) is 12.0. The summed E-state index contributed by atoms with van der Waals surface area (Å²) in [5.74, 6) is 0.909. The van der Waals surface area contributed by atoms with E-state index in [0.717, 1.165) is 4.31 Å². The third-order valence-corrected chi connectivity index (χ3v) is 6.94. The van der Waals surface area contributed by atoms with E-state index in [-0.39, 0.29) is 22.4 Å². The molecule has 0 aromatic carbocycles. The van der Waals surface area contributed by atoms with E-state index >= 15 is 0 Å². The van der Waals surface area contributed by atoms with Crippen LogP contribution in [0.3, 0.4) is 0 Å². The van der Waals surface area contributed by atoms with E-state index in [1.807, 2.05) is 0 Å². The Morgan fingerprint density at radius 1 is 1.24 bits per heavy atom. The van der Waals surface area contributed by atoms with E-state index in [1.165, 1.54) is 26.4 Å². The topological polar surface area (TPSA) is 96.4 Å². The van der Waals surface area contributed by atoms with Gasteiger partial charge in [0.2, 0.25) is 10.0 Å². The lowest BCUT2D eigenvalue weighted by Gasteiger charge is -2.23. The number of sulfonamides is 1. The fourth-order valence-electron chi connectivity index (χ4n) is 2.07. The van der Waals surface area contributed by atoms with Gasteiger partial charge in [-0.05, 0) is 25.0 Å². The first-order valence-corrected chi connectivity index (χ1v) is 9.82. The molecule has 1 fully saturated rings. The Morgan fingerprint density at radius 3 is 2.33 bits per heavy atom. The van der Waals surface area contributed by atoms with Crippen molar-refractivity contribution in [2.75, 3.05) is 30.9 Å². The van der Waals surface area contributed by atoms with E-state index in [1.54, 1.807) is 6.07 Å². The fourth-order valence-corrected chi connectivity index (χ4v) is 4.41. The van der Waals surface area contributed by atoms with Crippen LogP contribution < -0.4 is 5.32 Å². The number of anilines is 1. The molecule has 0 radical (unpaired) electrons. The molecule has 118 valence electrons. The molecular weight excluding hydrogens is 314 g/mol. The summed E-state index contributed by atoms with van der Waals surface area (Å²) >= 11 is 0. The van der Waals surface area contributed by atoms with Crippen molar-refractivity contribution < 1.29 is 16.8 Å². The van der Waals surface area contributed by atoms with Crippen molar-refractivity contribution in [2.24, 2.45) is 0 Å². The number of sulfone groups is 1. The first kappa shape index (κ1) is 16.2. The summed E-state index contributed by atoms with van der Waals surface area (Å²) < 4.78 is 47.6. The average Bonchev–Trinajstić information content (AvgIpc) is 2.42. The molecule has 2 heterocycles. The maximum atomic E-state index is 11.9. The molecule has 1 aliphatic heterocycles. The van der Waals surface area contributed by atoms with Crippen molar-refractivity contribution in [3.8, 4) is 0 Å². The molecule has 0 spiro atoms. The lowest BCUT2D eigenvalue weighted by Crippen LogP contribution is -2.32. The second-order valence-corrected chi connectivity index (χ2v) is 9.69. The number of rotatable bonds is 4. The molecule has 7 nitrogen and oxygen atoms in total. The second-order valence-electron chi connectivity index (χ2n) is 5.24. The lowest BCUT2D eigenvalue weighted by molar-refractivity contribution is 0.520. The van der Waals surface area contributed by atoms with E-state index in [0.29, 0.717) is 18.7 Å². The molecule has 0 unspecified atom stereocenters. The fraction of sp³-hybridized carbons (Fsp3) is 0.583. The number of hydrogen-bond donors (Lipinski definition) is 1. The Balaban J connectivity index is 2.04. The van der Waals surface area contributed by atoms with Crippen molar-refractivity contribution in [1.29, 1.82) is 0 Å². The average molecular weight is 333 g/mol. The van der Waals surface area contributed by atoms with Crippen LogP contribution in [-0.2, 0) is 19.9 Å². The van der Waals surface area contributed by atoms with E-state index < -0.39 is 19.9 Å². The zero-order valence-corrected chi connectivity index (χ0v) is 13.6. The largest absolute Gasteiger partial charge is 0.367 e. The van der Waals surface area contributed by atoms with Crippen molar-refractivity contribution >= 4 is 25.7 Å². The van der Waals surface area contributed by atoms with Crippen LogP contribution in [0.25, 0.3) is 0 Å². The highest BCUT2D eigenvalue weighted by atomic mass is 32.2. The van der Waals surface area contributed by atoms with Crippen molar-refractivity contribution in [2.45, 2.75) is 23.8 Å². The molecule has 21 heavy (non-hydrogen) atoms. The van der Waals surface area contributed by atoms with Gasteiger partial charge in [-0.1, -0.05) is 0 Å². The van der Waals surface area contributed by atoms with Gasteiger partial charge in [0.1, 0.15) is 20.6 Å². The van der Waals surface area contributed by atoms with Gasteiger partial charge in [0, 0.05) is 26.3 Å². The molecule has 0 bridgehead atoms. The first-order valence-electron chi connectivity index (χ1n) is 6.56. The van der Waals surface area contributed by atoms with E-state index in [2.05, 4.69) is 10.3 Å². The molecule has 0 atom stereocenters. The third-order valence-electron chi connectivity index (χ3n) is 3.42. The predicted octanol–water partition coefficient (Wildman–Crippen LogP) is 0.321. The molecule has 2 rings (SSSR count). The molecule has 1 aromatic rings. The maximum Gasteiger partial charge on any atom is 0.244 e. The number of nitrogens with one attached hydrogen (secondary N) is 1. The quantitative estimate of drug-likeness (QED) is 0.852. The van der Waals surface area contributed by atoms with Gasteiger partial charge in [-0.15, -0.1) is 0 Å². The summed E-state index contributed by atoms with van der Waals surface area (Å²) in [6, 6.07) is 3.14. The Bertz CT molecular complexity index is 683. The van der Waals surface area contributed by atoms with Crippen LogP contribution in [0.15, 0.2) is 23.2 Å².